The van der Waals surface area contributed by atoms with E-state index in [2.05, 4.69) is 0 Å². The van der Waals surface area contributed by atoms with Gasteiger partial charge in [0.25, 0.3) is 0 Å². The summed E-state index contributed by atoms with van der Waals surface area (Å²) in [5, 5.41) is 0. The molecule has 1 rings (SSSR count). The van der Waals surface area contributed by atoms with E-state index in [0.29, 0.717) is 5.69 Å². The molecule has 0 saturated heterocycles. The van der Waals surface area contributed by atoms with Gasteiger partial charge in [0, 0.05) is 14.1 Å². The van der Waals surface area contributed by atoms with Crippen LogP contribution < -0.4 is 4.90 Å². The smallest absolute Gasteiger partial charge is 0.341 e. The van der Waals surface area contributed by atoms with Gasteiger partial charge in [-0.15, -0.1) is 0 Å². The first-order chi connectivity index (χ1) is 9.02. The van der Waals surface area contributed by atoms with Crippen molar-refractivity contribution in [2.75, 3.05) is 32.2 Å². The van der Waals surface area contributed by atoms with E-state index < -0.39 is 11.9 Å². The monoisotopic (exact) mass is 265 g/mol. The molecule has 0 fully saturated rings. The summed E-state index contributed by atoms with van der Waals surface area (Å²) in [5.41, 5.74) is 1.10. The number of anilines is 1. The highest BCUT2D eigenvalue weighted by Crippen LogP contribution is 2.24. The number of benzene rings is 1. The molecule has 19 heavy (non-hydrogen) atoms. The van der Waals surface area contributed by atoms with E-state index in [0.717, 1.165) is 0 Å². The fourth-order valence-corrected chi connectivity index (χ4v) is 1.71. The highest BCUT2D eigenvalue weighted by atomic mass is 16.5. The van der Waals surface area contributed by atoms with Crippen LogP contribution in [0.4, 0.5) is 5.69 Å². The van der Waals surface area contributed by atoms with Gasteiger partial charge in [0.2, 0.25) is 0 Å². The van der Waals surface area contributed by atoms with Crippen LogP contribution in [0.15, 0.2) is 18.2 Å². The highest BCUT2D eigenvalue weighted by molar-refractivity contribution is 6.07. The minimum absolute atomic E-state index is 0.228. The molecule has 0 radical (unpaired) electrons. The van der Waals surface area contributed by atoms with Crippen molar-refractivity contribution >= 4 is 17.6 Å². The third-order valence-electron chi connectivity index (χ3n) is 2.50. The predicted molar refractivity (Wildman–Crippen MR) is 72.7 cm³/mol. The molecule has 5 heteroatoms. The molecule has 0 N–H and O–H groups in total. The van der Waals surface area contributed by atoms with Gasteiger partial charge in [-0.2, -0.15) is 0 Å². The Morgan fingerprint density at radius 2 is 1.63 bits per heavy atom. The summed E-state index contributed by atoms with van der Waals surface area (Å²) in [7, 11) is 3.60. The summed E-state index contributed by atoms with van der Waals surface area (Å²) in [5.74, 6) is -1.04. The number of hydrogen-bond acceptors (Lipinski definition) is 5. The fraction of sp³-hybridized carbons (Fsp3) is 0.429. The number of nitrogens with zero attached hydrogens (tertiary/aromatic N) is 1. The van der Waals surface area contributed by atoms with Crippen molar-refractivity contribution in [1.82, 2.24) is 0 Å². The number of rotatable bonds is 5. The first-order valence-corrected chi connectivity index (χ1v) is 6.17. The van der Waals surface area contributed by atoms with Gasteiger partial charge in [-0.25, -0.2) is 9.59 Å². The number of esters is 2. The standard InChI is InChI=1S/C14H19NO4/c1-5-18-13(16)10-8-7-9-11(15(3)4)12(10)14(17)19-6-2/h7-9H,5-6H2,1-4H3. The van der Waals surface area contributed by atoms with Crippen LogP contribution in [0.2, 0.25) is 0 Å². The van der Waals surface area contributed by atoms with Gasteiger partial charge in [0.15, 0.2) is 0 Å². The van der Waals surface area contributed by atoms with Gasteiger partial charge in [-0.3, -0.25) is 0 Å². The van der Waals surface area contributed by atoms with Gasteiger partial charge in [-0.05, 0) is 26.0 Å². The van der Waals surface area contributed by atoms with E-state index >= 15 is 0 Å². The third-order valence-corrected chi connectivity index (χ3v) is 2.50. The molecule has 0 spiro atoms. The average molecular weight is 265 g/mol. The molecular formula is C14H19NO4. The highest BCUT2D eigenvalue weighted by Gasteiger charge is 2.23. The van der Waals surface area contributed by atoms with Crippen molar-refractivity contribution < 1.29 is 19.1 Å². The first-order valence-electron chi connectivity index (χ1n) is 6.17. The minimum atomic E-state index is -0.519. The zero-order valence-electron chi connectivity index (χ0n) is 11.7. The van der Waals surface area contributed by atoms with Gasteiger partial charge in [0.05, 0.1) is 30.0 Å². The number of ether oxygens (including phenoxy) is 2. The molecule has 0 aliphatic heterocycles. The predicted octanol–water partition coefficient (Wildman–Crippen LogP) is 2.11. The van der Waals surface area contributed by atoms with E-state index in [-0.39, 0.29) is 24.3 Å². The van der Waals surface area contributed by atoms with E-state index in [9.17, 15) is 9.59 Å². The van der Waals surface area contributed by atoms with Crippen molar-refractivity contribution in [2.45, 2.75) is 13.8 Å². The van der Waals surface area contributed by atoms with Crippen LogP contribution in [0.5, 0.6) is 0 Å². The first kappa shape index (κ1) is 15.0. The molecule has 0 unspecified atom stereocenters. The van der Waals surface area contributed by atoms with Crippen molar-refractivity contribution in [3.63, 3.8) is 0 Å². The number of carbonyl (C=O) groups excluding carboxylic acids is 2. The van der Waals surface area contributed by atoms with Gasteiger partial charge < -0.3 is 14.4 Å². The Bertz CT molecular complexity index is 469. The van der Waals surface area contributed by atoms with Crippen LogP contribution in [0, 0.1) is 0 Å². The zero-order chi connectivity index (χ0) is 14.4. The van der Waals surface area contributed by atoms with Crippen LogP contribution in [0.1, 0.15) is 34.6 Å². The van der Waals surface area contributed by atoms with Crippen molar-refractivity contribution in [2.24, 2.45) is 0 Å². The van der Waals surface area contributed by atoms with Gasteiger partial charge in [-0.1, -0.05) is 6.07 Å². The van der Waals surface area contributed by atoms with Crippen LogP contribution in [0.3, 0.4) is 0 Å². The van der Waals surface area contributed by atoms with E-state index in [1.807, 2.05) is 0 Å². The van der Waals surface area contributed by atoms with Crippen molar-refractivity contribution in [1.29, 1.82) is 0 Å². The SMILES string of the molecule is CCOC(=O)c1cccc(N(C)C)c1C(=O)OCC. The zero-order valence-corrected chi connectivity index (χ0v) is 11.7. The molecule has 0 aromatic heterocycles. The van der Waals surface area contributed by atoms with Crippen LogP contribution in [-0.2, 0) is 9.47 Å². The van der Waals surface area contributed by atoms with Gasteiger partial charge >= 0.3 is 11.9 Å². The number of carbonyl (C=O) groups is 2. The fourth-order valence-electron chi connectivity index (χ4n) is 1.71. The largest absolute Gasteiger partial charge is 0.462 e. The Hall–Kier alpha value is -2.04. The lowest BCUT2D eigenvalue weighted by molar-refractivity contribution is 0.0479. The summed E-state index contributed by atoms with van der Waals surface area (Å²) >= 11 is 0. The van der Waals surface area contributed by atoms with E-state index in [4.69, 9.17) is 9.47 Å². The molecule has 0 aliphatic rings. The number of hydrogen-bond donors (Lipinski definition) is 0. The molecule has 0 saturated carbocycles. The molecular weight excluding hydrogens is 246 g/mol. The van der Waals surface area contributed by atoms with Crippen LogP contribution in [0.25, 0.3) is 0 Å². The molecule has 0 amide bonds. The molecule has 0 aliphatic carbocycles. The molecule has 104 valence electrons. The maximum absolute atomic E-state index is 12.0. The lowest BCUT2D eigenvalue weighted by Crippen LogP contribution is -2.20. The lowest BCUT2D eigenvalue weighted by Gasteiger charge is -2.18. The topological polar surface area (TPSA) is 55.8 Å². The second-order valence-electron chi connectivity index (χ2n) is 4.04. The molecule has 1 aromatic rings. The maximum atomic E-state index is 12.0. The quantitative estimate of drug-likeness (QED) is 0.763. The molecule has 0 atom stereocenters. The Morgan fingerprint density at radius 3 is 2.16 bits per heavy atom. The molecule has 0 bridgehead atoms. The Kier molecular flexibility index (Phi) is 5.36. The molecule has 0 heterocycles. The van der Waals surface area contributed by atoms with Crippen molar-refractivity contribution in [3.05, 3.63) is 29.3 Å². The Morgan fingerprint density at radius 1 is 1.05 bits per heavy atom. The summed E-state index contributed by atoms with van der Waals surface area (Å²) < 4.78 is 9.98. The normalized spacial score (nSPS) is 9.89. The second-order valence-corrected chi connectivity index (χ2v) is 4.04. The van der Waals surface area contributed by atoms with Crippen LogP contribution >= 0.6 is 0 Å². The molecule has 5 nitrogen and oxygen atoms in total. The second kappa shape index (κ2) is 6.78. The third kappa shape index (κ3) is 3.47. The Labute approximate surface area is 113 Å². The average Bonchev–Trinajstić information content (AvgIpc) is 2.38. The van der Waals surface area contributed by atoms with E-state index in [1.54, 1.807) is 51.0 Å². The summed E-state index contributed by atoms with van der Waals surface area (Å²) in [6, 6.07) is 5.04. The minimum Gasteiger partial charge on any atom is -0.462 e. The summed E-state index contributed by atoms with van der Waals surface area (Å²) in [4.78, 5) is 25.7. The Balaban J connectivity index is 3.33. The van der Waals surface area contributed by atoms with E-state index in [1.165, 1.54) is 0 Å². The van der Waals surface area contributed by atoms with Crippen LogP contribution in [-0.4, -0.2) is 39.2 Å². The summed E-state index contributed by atoms with van der Waals surface area (Å²) in [6.45, 7) is 3.95. The lowest BCUT2D eigenvalue weighted by atomic mass is 10.0. The van der Waals surface area contributed by atoms with Gasteiger partial charge in [0.1, 0.15) is 0 Å². The van der Waals surface area contributed by atoms with Crippen molar-refractivity contribution in [3.8, 4) is 0 Å². The summed E-state index contributed by atoms with van der Waals surface area (Å²) in [6.07, 6.45) is 0. The maximum Gasteiger partial charge on any atom is 0.341 e. The molecule has 1 aromatic carbocycles.